The molecule has 1 unspecified atom stereocenters. The SMILES string of the molecule is O=C1CNCC2CCc3cccc(C(F)(F)F)c3N12. The average molecular weight is 270 g/mol. The molecule has 1 amide bonds. The van der Waals surface area contributed by atoms with Crippen LogP contribution in [0, 0.1) is 0 Å². The fourth-order valence-electron chi connectivity index (χ4n) is 2.89. The number of amides is 1. The highest BCUT2D eigenvalue weighted by molar-refractivity contribution is 5.98. The van der Waals surface area contributed by atoms with E-state index in [1.807, 2.05) is 0 Å². The van der Waals surface area contributed by atoms with Gasteiger partial charge in [0.1, 0.15) is 0 Å². The number of hydrogen-bond acceptors (Lipinski definition) is 2. The number of carbonyl (C=O) groups excluding carboxylic acids is 1. The van der Waals surface area contributed by atoms with Crippen LogP contribution in [0.25, 0.3) is 0 Å². The van der Waals surface area contributed by atoms with Gasteiger partial charge in [0.05, 0.1) is 17.8 Å². The van der Waals surface area contributed by atoms with Crippen molar-refractivity contribution in [1.82, 2.24) is 5.32 Å². The lowest BCUT2D eigenvalue weighted by Gasteiger charge is -2.41. The summed E-state index contributed by atoms with van der Waals surface area (Å²) in [6.45, 7) is 0.652. The summed E-state index contributed by atoms with van der Waals surface area (Å²) in [6.07, 6.45) is -3.15. The van der Waals surface area contributed by atoms with Crippen molar-refractivity contribution in [2.45, 2.75) is 25.1 Å². The van der Waals surface area contributed by atoms with Gasteiger partial charge < -0.3 is 10.2 Å². The molecular weight excluding hydrogens is 257 g/mol. The van der Waals surface area contributed by atoms with E-state index in [1.165, 1.54) is 11.0 Å². The third kappa shape index (κ3) is 2.00. The predicted octanol–water partition coefficient (Wildman–Crippen LogP) is 1.96. The molecule has 6 heteroatoms. The largest absolute Gasteiger partial charge is 0.418 e. The molecule has 2 aliphatic rings. The van der Waals surface area contributed by atoms with Crippen LogP contribution in [0.3, 0.4) is 0 Å². The van der Waals surface area contributed by atoms with E-state index in [4.69, 9.17) is 0 Å². The first-order valence-corrected chi connectivity index (χ1v) is 6.20. The summed E-state index contributed by atoms with van der Waals surface area (Å²) in [7, 11) is 0. The summed E-state index contributed by atoms with van der Waals surface area (Å²) in [5, 5.41) is 2.95. The predicted molar refractivity (Wildman–Crippen MR) is 63.9 cm³/mol. The van der Waals surface area contributed by atoms with Gasteiger partial charge in [0.15, 0.2) is 0 Å². The van der Waals surface area contributed by atoms with Crippen LogP contribution in [0.5, 0.6) is 0 Å². The van der Waals surface area contributed by atoms with Crippen LogP contribution in [0.15, 0.2) is 18.2 Å². The Morgan fingerprint density at radius 2 is 2.11 bits per heavy atom. The molecule has 0 aromatic heterocycles. The van der Waals surface area contributed by atoms with Crippen LogP contribution in [0.4, 0.5) is 18.9 Å². The number of nitrogens with zero attached hydrogens (tertiary/aromatic N) is 1. The molecule has 0 saturated carbocycles. The van der Waals surface area contributed by atoms with Gasteiger partial charge in [-0.3, -0.25) is 4.79 Å². The summed E-state index contributed by atoms with van der Waals surface area (Å²) in [6, 6.07) is 3.97. The van der Waals surface area contributed by atoms with Gasteiger partial charge in [-0.2, -0.15) is 13.2 Å². The zero-order valence-electron chi connectivity index (χ0n) is 10.1. The van der Waals surface area contributed by atoms with E-state index in [1.54, 1.807) is 6.07 Å². The van der Waals surface area contributed by atoms with Gasteiger partial charge in [0.25, 0.3) is 0 Å². The molecule has 1 fully saturated rings. The number of carbonyl (C=O) groups is 1. The molecule has 0 radical (unpaired) electrons. The molecule has 0 aliphatic carbocycles. The topological polar surface area (TPSA) is 32.3 Å². The van der Waals surface area contributed by atoms with Crippen LogP contribution in [-0.2, 0) is 17.4 Å². The Hall–Kier alpha value is -1.56. The number of hydrogen-bond donors (Lipinski definition) is 1. The van der Waals surface area contributed by atoms with Crippen molar-refractivity contribution in [3.63, 3.8) is 0 Å². The maximum atomic E-state index is 13.1. The summed E-state index contributed by atoms with van der Waals surface area (Å²) in [5.41, 5.74) is -0.0241. The number of rotatable bonds is 0. The maximum absolute atomic E-state index is 13.1. The Kier molecular flexibility index (Phi) is 2.78. The molecule has 1 saturated heterocycles. The molecule has 1 N–H and O–H groups in total. The number of fused-ring (bicyclic) bond motifs is 3. The number of anilines is 1. The van der Waals surface area contributed by atoms with Crippen molar-refractivity contribution in [3.8, 4) is 0 Å². The Bertz CT molecular complexity index is 527. The van der Waals surface area contributed by atoms with E-state index in [0.29, 0.717) is 24.9 Å². The molecule has 2 heterocycles. The summed E-state index contributed by atoms with van der Waals surface area (Å²) in [4.78, 5) is 13.3. The summed E-state index contributed by atoms with van der Waals surface area (Å²) in [5.74, 6) is -0.283. The molecule has 1 atom stereocenters. The number of benzene rings is 1. The molecular formula is C13H13F3N2O. The van der Waals surface area contributed by atoms with Gasteiger partial charge in [-0.25, -0.2) is 0 Å². The first-order chi connectivity index (χ1) is 8.98. The van der Waals surface area contributed by atoms with Crippen molar-refractivity contribution in [2.75, 3.05) is 18.0 Å². The molecule has 0 bridgehead atoms. The number of piperazine rings is 1. The van der Waals surface area contributed by atoms with Gasteiger partial charge in [0.2, 0.25) is 5.91 Å². The van der Waals surface area contributed by atoms with Gasteiger partial charge in [-0.15, -0.1) is 0 Å². The summed E-state index contributed by atoms with van der Waals surface area (Å²) >= 11 is 0. The minimum Gasteiger partial charge on any atom is -0.306 e. The van der Waals surface area contributed by atoms with E-state index in [-0.39, 0.29) is 24.2 Å². The van der Waals surface area contributed by atoms with Gasteiger partial charge in [0, 0.05) is 12.6 Å². The third-order valence-electron chi connectivity index (χ3n) is 3.70. The second-order valence-electron chi connectivity index (χ2n) is 4.90. The van der Waals surface area contributed by atoms with Gasteiger partial charge >= 0.3 is 6.18 Å². The number of nitrogens with one attached hydrogen (secondary N) is 1. The summed E-state index contributed by atoms with van der Waals surface area (Å²) < 4.78 is 39.3. The fourth-order valence-corrected chi connectivity index (χ4v) is 2.89. The normalized spacial score (nSPS) is 23.0. The van der Waals surface area contributed by atoms with Gasteiger partial charge in [-0.1, -0.05) is 12.1 Å². The fraction of sp³-hybridized carbons (Fsp3) is 0.462. The first kappa shape index (κ1) is 12.5. The molecule has 1 aromatic rings. The highest BCUT2D eigenvalue weighted by atomic mass is 19.4. The molecule has 102 valence electrons. The Morgan fingerprint density at radius 1 is 1.32 bits per heavy atom. The highest BCUT2D eigenvalue weighted by Crippen LogP contribution is 2.42. The van der Waals surface area contributed by atoms with Crippen molar-refractivity contribution in [2.24, 2.45) is 0 Å². The second-order valence-corrected chi connectivity index (χ2v) is 4.90. The van der Waals surface area contributed by atoms with Crippen LogP contribution < -0.4 is 10.2 Å². The molecule has 3 rings (SSSR count). The Morgan fingerprint density at radius 3 is 2.84 bits per heavy atom. The van der Waals surface area contributed by atoms with Crippen molar-refractivity contribution >= 4 is 11.6 Å². The highest BCUT2D eigenvalue weighted by Gasteiger charge is 2.41. The van der Waals surface area contributed by atoms with E-state index in [0.717, 1.165) is 6.07 Å². The minimum atomic E-state index is -4.43. The zero-order chi connectivity index (χ0) is 13.6. The molecule has 1 aromatic carbocycles. The average Bonchev–Trinajstić information content (AvgIpc) is 2.36. The zero-order valence-corrected chi connectivity index (χ0v) is 10.1. The van der Waals surface area contributed by atoms with E-state index < -0.39 is 11.7 Å². The van der Waals surface area contributed by atoms with Crippen LogP contribution in [0.1, 0.15) is 17.5 Å². The smallest absolute Gasteiger partial charge is 0.306 e. The number of alkyl halides is 3. The number of para-hydroxylation sites is 1. The van der Waals surface area contributed by atoms with Crippen molar-refractivity contribution in [3.05, 3.63) is 29.3 Å². The van der Waals surface area contributed by atoms with E-state index in [2.05, 4.69) is 5.32 Å². The standard InChI is InChI=1S/C13H13F3N2O/c14-13(15,16)10-3-1-2-8-4-5-9-6-17-7-11(19)18(9)12(8)10/h1-3,9,17H,4-7H2. The first-order valence-electron chi connectivity index (χ1n) is 6.20. The van der Waals surface area contributed by atoms with Crippen LogP contribution >= 0.6 is 0 Å². The van der Waals surface area contributed by atoms with Crippen molar-refractivity contribution in [1.29, 1.82) is 0 Å². The van der Waals surface area contributed by atoms with E-state index >= 15 is 0 Å². The van der Waals surface area contributed by atoms with Gasteiger partial charge in [-0.05, 0) is 24.5 Å². The van der Waals surface area contributed by atoms with Crippen LogP contribution in [-0.4, -0.2) is 25.0 Å². The maximum Gasteiger partial charge on any atom is 0.418 e. The minimum absolute atomic E-state index is 0.0674. The lowest BCUT2D eigenvalue weighted by molar-refractivity contribution is -0.137. The van der Waals surface area contributed by atoms with Crippen molar-refractivity contribution < 1.29 is 18.0 Å². The van der Waals surface area contributed by atoms with E-state index in [9.17, 15) is 18.0 Å². The quantitative estimate of drug-likeness (QED) is 0.781. The Labute approximate surface area is 108 Å². The van der Waals surface area contributed by atoms with Crippen LogP contribution in [0.2, 0.25) is 0 Å². The third-order valence-corrected chi connectivity index (χ3v) is 3.70. The monoisotopic (exact) mass is 270 g/mol. The molecule has 19 heavy (non-hydrogen) atoms. The lowest BCUT2D eigenvalue weighted by Crippen LogP contribution is -2.57. The molecule has 0 spiro atoms. The molecule has 2 aliphatic heterocycles. The number of halogens is 3. The Balaban J connectivity index is 2.16. The second kappa shape index (κ2) is 4.23. The lowest BCUT2D eigenvalue weighted by atomic mass is 9.91. The molecule has 3 nitrogen and oxygen atoms in total. The number of aryl methyl sites for hydroxylation is 1.